The molecule has 0 heterocycles. The first kappa shape index (κ1) is 25.3. The number of hydrogen-bond donors (Lipinski definition) is 2. The minimum absolute atomic E-state index is 0.0138. The first-order chi connectivity index (χ1) is 17.2. The number of para-hydroxylation sites is 2. The average molecular weight is 487 g/mol. The number of anilines is 3. The lowest BCUT2D eigenvalue weighted by Crippen LogP contribution is -2.59. The third-order valence-corrected chi connectivity index (χ3v) is 6.38. The van der Waals surface area contributed by atoms with Crippen LogP contribution in [-0.2, 0) is 9.59 Å². The highest BCUT2D eigenvalue weighted by Gasteiger charge is 2.55. The van der Waals surface area contributed by atoms with Gasteiger partial charge in [0.05, 0.1) is 5.56 Å². The molecule has 0 unspecified atom stereocenters. The molecule has 1 fully saturated rings. The zero-order valence-electron chi connectivity index (χ0n) is 21.3. The van der Waals surface area contributed by atoms with Crippen LogP contribution in [0.25, 0.3) is 0 Å². The van der Waals surface area contributed by atoms with Crippen LogP contribution in [0.2, 0.25) is 0 Å². The predicted molar refractivity (Wildman–Crippen MR) is 143 cm³/mol. The molecular formula is C30H34N2O4. The number of nitrogens with zero attached hydrogens (tertiary/aromatic N) is 2. The van der Waals surface area contributed by atoms with Gasteiger partial charge in [0.2, 0.25) is 0 Å². The fourth-order valence-corrected chi connectivity index (χ4v) is 4.92. The Hall–Kier alpha value is -3.80. The summed E-state index contributed by atoms with van der Waals surface area (Å²) in [6.45, 7) is 9.94. The quantitative estimate of drug-likeness (QED) is 0.380. The number of ketones is 2. The van der Waals surface area contributed by atoms with Crippen LogP contribution >= 0.6 is 0 Å². The zero-order chi connectivity index (χ0) is 26.0. The fourth-order valence-electron chi connectivity index (χ4n) is 4.92. The van der Waals surface area contributed by atoms with E-state index < -0.39 is 12.0 Å². The monoisotopic (exact) mass is 486 g/mol. The molecule has 1 aliphatic rings. The Balaban J connectivity index is 1.67. The lowest BCUT2D eigenvalue weighted by Gasteiger charge is -2.41. The number of Topliss-reactive ketones (excluding diaryl/α,β-unsaturated/α-hetero) is 2. The Morgan fingerprint density at radius 1 is 0.694 bits per heavy atom. The lowest BCUT2D eigenvalue weighted by atomic mass is 9.71. The van der Waals surface area contributed by atoms with Gasteiger partial charge in [-0.05, 0) is 36.1 Å². The molecule has 0 aromatic heterocycles. The Kier molecular flexibility index (Phi) is 7.34. The van der Waals surface area contributed by atoms with E-state index >= 15 is 0 Å². The van der Waals surface area contributed by atoms with Crippen LogP contribution in [0.5, 0.6) is 11.5 Å². The number of phenols is 2. The molecule has 6 heteroatoms. The van der Waals surface area contributed by atoms with Crippen LogP contribution in [0.4, 0.5) is 17.1 Å². The van der Waals surface area contributed by atoms with Crippen molar-refractivity contribution in [2.45, 2.75) is 39.7 Å². The number of carbonyl (C=O) groups excluding carboxylic acids is 2. The first-order valence-corrected chi connectivity index (χ1v) is 12.5. The normalized spacial score (nSPS) is 17.4. The van der Waals surface area contributed by atoms with E-state index in [0.29, 0.717) is 17.5 Å². The van der Waals surface area contributed by atoms with E-state index in [0.717, 1.165) is 24.5 Å². The highest BCUT2D eigenvalue weighted by atomic mass is 16.3. The molecule has 0 aliphatic heterocycles. The molecule has 0 spiro atoms. The second-order valence-corrected chi connectivity index (χ2v) is 10.3. The van der Waals surface area contributed by atoms with Crippen LogP contribution in [0, 0.1) is 11.8 Å². The van der Waals surface area contributed by atoms with Gasteiger partial charge in [0.1, 0.15) is 17.4 Å². The van der Waals surface area contributed by atoms with Crippen LogP contribution in [0.1, 0.15) is 39.2 Å². The van der Waals surface area contributed by atoms with Crippen molar-refractivity contribution in [2.24, 2.45) is 11.8 Å². The van der Waals surface area contributed by atoms with Crippen molar-refractivity contribution in [1.82, 2.24) is 0 Å². The van der Waals surface area contributed by atoms with E-state index in [1.165, 1.54) is 0 Å². The van der Waals surface area contributed by atoms with E-state index in [-0.39, 0.29) is 28.6 Å². The van der Waals surface area contributed by atoms with Crippen molar-refractivity contribution in [1.29, 1.82) is 0 Å². The molecule has 188 valence electrons. The van der Waals surface area contributed by atoms with Gasteiger partial charge in [-0.15, -0.1) is 0 Å². The maximum absolute atomic E-state index is 13.5. The number of hydrogen-bond acceptors (Lipinski definition) is 6. The van der Waals surface area contributed by atoms with Crippen molar-refractivity contribution in [3.63, 3.8) is 0 Å². The lowest BCUT2D eigenvalue weighted by molar-refractivity contribution is -0.142. The molecule has 0 saturated heterocycles. The highest BCUT2D eigenvalue weighted by Crippen LogP contribution is 2.46. The van der Waals surface area contributed by atoms with Gasteiger partial charge < -0.3 is 20.0 Å². The molecule has 6 nitrogen and oxygen atoms in total. The Labute approximate surface area is 212 Å². The van der Waals surface area contributed by atoms with Gasteiger partial charge in [0.25, 0.3) is 0 Å². The minimum atomic E-state index is -1.21. The molecule has 0 radical (unpaired) electrons. The summed E-state index contributed by atoms with van der Waals surface area (Å²) in [5, 5.41) is 21.8. The molecule has 4 rings (SSSR count). The molecule has 3 aromatic carbocycles. The third-order valence-electron chi connectivity index (χ3n) is 6.38. The Bertz CT molecular complexity index is 1140. The zero-order valence-corrected chi connectivity index (χ0v) is 21.3. The number of rotatable bonds is 9. The van der Waals surface area contributed by atoms with Crippen molar-refractivity contribution in [3.8, 4) is 11.5 Å². The van der Waals surface area contributed by atoms with Crippen molar-refractivity contribution in [3.05, 3.63) is 78.4 Å². The number of aromatic hydroxyl groups is 2. The SMILES string of the molecule is CC(C)CN(CC(C)C)c1cc(O)c(C2C(=O)C(N(c3ccccc3)c3ccccc3)C2=O)c(O)c1. The second kappa shape index (κ2) is 10.4. The summed E-state index contributed by atoms with van der Waals surface area (Å²) in [5.41, 5.74) is 2.09. The van der Waals surface area contributed by atoms with Crippen LogP contribution < -0.4 is 9.80 Å². The second-order valence-electron chi connectivity index (χ2n) is 10.3. The van der Waals surface area contributed by atoms with Crippen LogP contribution in [0.3, 0.4) is 0 Å². The summed E-state index contributed by atoms with van der Waals surface area (Å²) in [6.07, 6.45) is 0. The molecular weight excluding hydrogens is 452 g/mol. The number of benzene rings is 3. The molecule has 36 heavy (non-hydrogen) atoms. The van der Waals surface area contributed by atoms with Crippen molar-refractivity contribution in [2.75, 3.05) is 22.9 Å². The van der Waals surface area contributed by atoms with Crippen molar-refractivity contribution < 1.29 is 19.8 Å². The first-order valence-electron chi connectivity index (χ1n) is 12.5. The maximum Gasteiger partial charge on any atom is 0.178 e. The summed E-state index contributed by atoms with van der Waals surface area (Å²) in [5.74, 6) is -1.63. The van der Waals surface area contributed by atoms with Gasteiger partial charge in [-0.3, -0.25) is 9.59 Å². The summed E-state index contributed by atoms with van der Waals surface area (Å²) in [4.78, 5) is 30.8. The fraction of sp³-hybridized carbons (Fsp3) is 0.333. The number of carbonyl (C=O) groups is 2. The molecule has 2 N–H and O–H groups in total. The summed E-state index contributed by atoms with van der Waals surface area (Å²) in [7, 11) is 0. The van der Waals surface area contributed by atoms with Crippen molar-refractivity contribution >= 4 is 28.6 Å². The largest absolute Gasteiger partial charge is 0.507 e. The molecule has 1 aliphatic carbocycles. The maximum atomic E-state index is 13.5. The predicted octanol–water partition coefficient (Wildman–Crippen LogP) is 5.66. The van der Waals surface area contributed by atoms with E-state index in [4.69, 9.17) is 0 Å². The average Bonchev–Trinajstić information content (AvgIpc) is 2.84. The standard InChI is InChI=1S/C30H34N2O4/c1-19(2)17-31(18-20(3)4)23-15-24(33)26(25(34)16-23)27-29(35)28(30(27)36)32(21-11-7-5-8-12-21)22-13-9-6-10-14-22/h5-16,19-20,27-28,33-34H,17-18H2,1-4H3. The van der Waals surface area contributed by atoms with Gasteiger partial charge >= 0.3 is 0 Å². The smallest absolute Gasteiger partial charge is 0.178 e. The minimum Gasteiger partial charge on any atom is -0.507 e. The van der Waals surface area contributed by atoms with Gasteiger partial charge in [-0.25, -0.2) is 0 Å². The van der Waals surface area contributed by atoms with E-state index in [9.17, 15) is 19.8 Å². The Morgan fingerprint density at radius 3 is 1.50 bits per heavy atom. The highest BCUT2D eigenvalue weighted by molar-refractivity contribution is 6.33. The number of phenolic OH excluding ortho intramolecular Hbond substituents is 2. The van der Waals surface area contributed by atoms with E-state index in [2.05, 4.69) is 32.6 Å². The molecule has 0 amide bonds. The van der Waals surface area contributed by atoms with Gasteiger partial charge in [-0.1, -0.05) is 64.1 Å². The van der Waals surface area contributed by atoms with Crippen LogP contribution in [-0.4, -0.2) is 40.9 Å². The molecule has 0 atom stereocenters. The van der Waals surface area contributed by atoms with E-state index in [1.54, 1.807) is 17.0 Å². The Morgan fingerprint density at radius 2 is 1.11 bits per heavy atom. The summed E-state index contributed by atoms with van der Waals surface area (Å²) < 4.78 is 0. The van der Waals surface area contributed by atoms with Gasteiger partial charge in [0.15, 0.2) is 17.6 Å². The van der Waals surface area contributed by atoms with Crippen LogP contribution in [0.15, 0.2) is 72.8 Å². The van der Waals surface area contributed by atoms with Gasteiger partial charge in [0, 0.05) is 42.3 Å². The molecule has 1 saturated carbocycles. The topological polar surface area (TPSA) is 81.1 Å². The third kappa shape index (κ3) is 4.94. The van der Waals surface area contributed by atoms with Gasteiger partial charge in [-0.2, -0.15) is 0 Å². The van der Waals surface area contributed by atoms with E-state index in [1.807, 2.05) is 60.7 Å². The molecule has 0 bridgehead atoms. The molecule has 3 aromatic rings. The summed E-state index contributed by atoms with van der Waals surface area (Å²) in [6, 6.07) is 20.6. The summed E-state index contributed by atoms with van der Waals surface area (Å²) >= 11 is 0.